The van der Waals surface area contributed by atoms with Gasteiger partial charge in [-0.1, -0.05) is 35.4 Å². The minimum absolute atomic E-state index is 0.295. The smallest absolute Gasteiger partial charge is 0.308 e. The third-order valence-electron chi connectivity index (χ3n) is 3.58. The summed E-state index contributed by atoms with van der Waals surface area (Å²) in [6.07, 6.45) is -6.93. The summed E-state index contributed by atoms with van der Waals surface area (Å²) < 4.78 is 80.5. The van der Waals surface area contributed by atoms with Crippen molar-refractivity contribution in [2.75, 3.05) is 0 Å². The second kappa shape index (κ2) is 6.61. The fourth-order valence-corrected chi connectivity index (χ4v) is 3.46. The van der Waals surface area contributed by atoms with Crippen LogP contribution in [0, 0.1) is 4.64 Å². The molecular formula is C15H7Cl2F6N3S. The maximum atomic E-state index is 13.5. The van der Waals surface area contributed by atoms with Gasteiger partial charge in [-0.05, 0) is 24.3 Å². The molecule has 144 valence electrons. The van der Waals surface area contributed by atoms with E-state index < -0.39 is 44.0 Å². The van der Waals surface area contributed by atoms with Crippen LogP contribution < -0.4 is 0 Å². The van der Waals surface area contributed by atoms with Crippen LogP contribution in [0.4, 0.5) is 26.3 Å². The van der Waals surface area contributed by atoms with Gasteiger partial charge in [-0.2, -0.15) is 26.3 Å². The molecule has 2 heterocycles. The van der Waals surface area contributed by atoms with Crippen LogP contribution in [0.25, 0.3) is 11.5 Å². The minimum Gasteiger partial charge on any atom is -0.308 e. The van der Waals surface area contributed by atoms with E-state index in [9.17, 15) is 26.3 Å². The van der Waals surface area contributed by atoms with Crippen molar-refractivity contribution in [2.24, 2.45) is 0 Å². The fraction of sp³-hybridized carbons (Fsp3) is 0.133. The highest BCUT2D eigenvalue weighted by Crippen LogP contribution is 2.41. The van der Waals surface area contributed by atoms with E-state index in [4.69, 9.17) is 35.4 Å². The second-order valence-electron chi connectivity index (χ2n) is 5.35. The highest BCUT2D eigenvalue weighted by Gasteiger charge is 2.39. The lowest BCUT2D eigenvalue weighted by Crippen LogP contribution is -2.13. The zero-order valence-electron chi connectivity index (χ0n) is 12.8. The van der Waals surface area contributed by atoms with Crippen LogP contribution in [0.5, 0.6) is 0 Å². The lowest BCUT2D eigenvalue weighted by molar-refractivity contribution is -0.138. The van der Waals surface area contributed by atoms with E-state index >= 15 is 0 Å². The number of rotatable bonds is 2. The van der Waals surface area contributed by atoms with Crippen molar-refractivity contribution < 1.29 is 26.3 Å². The Labute approximate surface area is 162 Å². The minimum atomic E-state index is -4.83. The van der Waals surface area contributed by atoms with Crippen molar-refractivity contribution >= 4 is 35.4 Å². The molecule has 3 aromatic rings. The molecule has 0 radical (unpaired) electrons. The van der Waals surface area contributed by atoms with Gasteiger partial charge in [0, 0.05) is 12.4 Å². The number of alkyl halides is 6. The Bertz CT molecular complexity index is 1020. The number of aromatic amines is 1. The molecule has 0 saturated carbocycles. The summed E-state index contributed by atoms with van der Waals surface area (Å²) in [6, 6.07) is 4.09. The van der Waals surface area contributed by atoms with E-state index in [1.807, 2.05) is 0 Å². The topological polar surface area (TPSA) is 25.6 Å². The average molecular weight is 446 g/mol. The summed E-state index contributed by atoms with van der Waals surface area (Å²) in [6.45, 7) is 0. The first-order valence-electron chi connectivity index (χ1n) is 7.03. The molecule has 0 atom stereocenters. The van der Waals surface area contributed by atoms with E-state index in [0.717, 1.165) is 9.25 Å². The monoisotopic (exact) mass is 445 g/mol. The van der Waals surface area contributed by atoms with Crippen LogP contribution in [0.3, 0.4) is 0 Å². The van der Waals surface area contributed by atoms with Crippen LogP contribution in [-0.4, -0.2) is 14.3 Å². The van der Waals surface area contributed by atoms with Crippen molar-refractivity contribution in [1.29, 1.82) is 0 Å². The molecule has 1 N–H and O–H groups in total. The van der Waals surface area contributed by atoms with Gasteiger partial charge in [-0.15, -0.1) is 0 Å². The number of benzene rings is 1. The summed E-state index contributed by atoms with van der Waals surface area (Å²) in [7, 11) is 0. The Kier molecular flexibility index (Phi) is 4.86. The van der Waals surface area contributed by atoms with E-state index in [-0.39, 0.29) is 5.69 Å². The number of H-pyrrole nitrogens is 1. The number of hydrogen-bond donors (Lipinski definition) is 1. The Balaban J connectivity index is 2.36. The molecule has 0 amide bonds. The number of halogens is 8. The molecular weight excluding hydrogens is 439 g/mol. The second-order valence-corrected chi connectivity index (χ2v) is 6.57. The maximum absolute atomic E-state index is 13.5. The summed E-state index contributed by atoms with van der Waals surface area (Å²) in [4.78, 5) is 0. The van der Waals surface area contributed by atoms with Gasteiger partial charge in [0.2, 0.25) is 0 Å². The van der Waals surface area contributed by atoms with Crippen LogP contribution in [-0.2, 0) is 12.4 Å². The summed E-state index contributed by atoms with van der Waals surface area (Å²) >= 11 is 16.6. The molecule has 3 nitrogen and oxygen atoms in total. The third kappa shape index (κ3) is 3.61. The quantitative estimate of drug-likeness (QED) is 0.345. The summed E-state index contributed by atoms with van der Waals surface area (Å²) in [5.41, 5.74) is -2.61. The number of aromatic nitrogens is 3. The fourth-order valence-electron chi connectivity index (χ4n) is 2.50. The SMILES string of the molecule is FC(F)(F)c1cc(Cl)c(-n2[nH]c(=S)c(C(F)(F)F)c2-n2cccc2)c(Cl)c1. The van der Waals surface area contributed by atoms with Crippen LogP contribution in [0.1, 0.15) is 11.1 Å². The first-order chi connectivity index (χ1) is 12.4. The van der Waals surface area contributed by atoms with Crippen LogP contribution in [0.15, 0.2) is 36.7 Å². The first kappa shape index (κ1) is 19.8. The Hall–Kier alpha value is -1.91. The van der Waals surface area contributed by atoms with Crippen molar-refractivity contribution in [3.63, 3.8) is 0 Å². The van der Waals surface area contributed by atoms with Crippen LogP contribution >= 0.6 is 35.4 Å². The van der Waals surface area contributed by atoms with Gasteiger partial charge < -0.3 is 4.57 Å². The van der Waals surface area contributed by atoms with Gasteiger partial charge in [0.1, 0.15) is 15.9 Å². The molecule has 0 aliphatic rings. The van der Waals surface area contributed by atoms with E-state index in [1.165, 1.54) is 24.5 Å². The zero-order chi connectivity index (χ0) is 20.1. The van der Waals surface area contributed by atoms with Crippen molar-refractivity contribution in [1.82, 2.24) is 14.3 Å². The van der Waals surface area contributed by atoms with Gasteiger partial charge in [0.05, 0.1) is 15.6 Å². The predicted octanol–water partition coefficient (Wildman–Crippen LogP) is 6.67. The molecule has 0 aliphatic heterocycles. The highest BCUT2D eigenvalue weighted by molar-refractivity contribution is 7.71. The summed E-state index contributed by atoms with van der Waals surface area (Å²) in [5, 5.41) is 1.30. The largest absolute Gasteiger partial charge is 0.422 e. The molecule has 0 fully saturated rings. The normalized spacial score (nSPS) is 12.6. The third-order valence-corrected chi connectivity index (χ3v) is 4.45. The van der Waals surface area contributed by atoms with E-state index in [2.05, 4.69) is 5.10 Å². The molecule has 0 saturated heterocycles. The van der Waals surface area contributed by atoms with Gasteiger partial charge in [-0.3, -0.25) is 5.10 Å². The van der Waals surface area contributed by atoms with Crippen LogP contribution in [0.2, 0.25) is 10.0 Å². The Morgan fingerprint density at radius 3 is 1.85 bits per heavy atom. The molecule has 1 aromatic carbocycles. The average Bonchev–Trinajstić information content (AvgIpc) is 3.12. The molecule has 0 spiro atoms. The molecule has 3 rings (SSSR count). The van der Waals surface area contributed by atoms with E-state index in [0.29, 0.717) is 12.1 Å². The molecule has 27 heavy (non-hydrogen) atoms. The molecule has 2 aromatic heterocycles. The molecule has 0 unspecified atom stereocenters. The number of nitrogens with one attached hydrogen (secondary N) is 1. The van der Waals surface area contributed by atoms with Crippen molar-refractivity contribution in [3.05, 3.63) is 62.5 Å². The predicted molar refractivity (Wildman–Crippen MR) is 90.3 cm³/mol. The number of nitrogens with zero attached hydrogens (tertiary/aromatic N) is 2. The zero-order valence-corrected chi connectivity index (χ0v) is 15.1. The lowest BCUT2D eigenvalue weighted by Gasteiger charge is -2.16. The van der Waals surface area contributed by atoms with E-state index in [1.54, 1.807) is 0 Å². The lowest BCUT2D eigenvalue weighted by atomic mass is 10.2. The Morgan fingerprint density at radius 2 is 1.41 bits per heavy atom. The Morgan fingerprint density at radius 1 is 0.889 bits per heavy atom. The number of hydrogen-bond acceptors (Lipinski definition) is 1. The van der Waals surface area contributed by atoms with Gasteiger partial charge >= 0.3 is 12.4 Å². The molecule has 12 heteroatoms. The van der Waals surface area contributed by atoms with Gasteiger partial charge in [-0.25, -0.2) is 4.68 Å². The maximum Gasteiger partial charge on any atom is 0.422 e. The molecule has 0 aliphatic carbocycles. The summed E-state index contributed by atoms with van der Waals surface area (Å²) in [5.74, 6) is -0.485. The highest BCUT2D eigenvalue weighted by atomic mass is 35.5. The molecule has 0 bridgehead atoms. The first-order valence-corrected chi connectivity index (χ1v) is 8.20. The van der Waals surface area contributed by atoms with Gasteiger partial charge in [0.15, 0.2) is 5.82 Å². The van der Waals surface area contributed by atoms with Gasteiger partial charge in [0.25, 0.3) is 0 Å². The van der Waals surface area contributed by atoms with Crippen molar-refractivity contribution in [2.45, 2.75) is 12.4 Å². The van der Waals surface area contributed by atoms with Crippen molar-refractivity contribution in [3.8, 4) is 11.5 Å². The standard InChI is InChI=1S/C15H7Cl2F6N3S/c16-8-5-7(14(18,19)20)6-9(17)11(8)26-13(25-3-1-2-4-25)10(12(27)24-26)15(21,22)23/h1-6H,(H,24,27).